The summed E-state index contributed by atoms with van der Waals surface area (Å²) in [6, 6.07) is 12.7. The number of amides is 1. The third-order valence-electron chi connectivity index (χ3n) is 6.02. The molecule has 186 valence electrons. The zero-order valence-corrected chi connectivity index (χ0v) is 21.8. The molecule has 0 aliphatic carbocycles. The highest BCUT2D eigenvalue weighted by atomic mass is 32.2. The van der Waals surface area contributed by atoms with Gasteiger partial charge in [0, 0.05) is 30.4 Å². The summed E-state index contributed by atoms with van der Waals surface area (Å²) in [5.41, 5.74) is 3.79. The lowest BCUT2D eigenvalue weighted by Gasteiger charge is -2.20. The van der Waals surface area contributed by atoms with E-state index < -0.39 is 21.6 Å². The van der Waals surface area contributed by atoms with Gasteiger partial charge in [0.25, 0.3) is 5.56 Å². The molecule has 3 rings (SSSR count). The molecule has 1 aromatic heterocycles. The molecule has 1 unspecified atom stereocenters. The van der Waals surface area contributed by atoms with E-state index in [-0.39, 0.29) is 10.8 Å². The minimum absolute atomic E-state index is 0.193. The molecule has 0 fully saturated rings. The van der Waals surface area contributed by atoms with Gasteiger partial charge in [-0.1, -0.05) is 43.7 Å². The van der Waals surface area contributed by atoms with E-state index in [1.165, 1.54) is 16.4 Å². The van der Waals surface area contributed by atoms with Crippen LogP contribution >= 0.6 is 0 Å². The summed E-state index contributed by atoms with van der Waals surface area (Å²) >= 11 is 0. The van der Waals surface area contributed by atoms with Gasteiger partial charge in [-0.05, 0) is 57.0 Å². The van der Waals surface area contributed by atoms with Gasteiger partial charge in [0.2, 0.25) is 15.9 Å². The van der Waals surface area contributed by atoms with E-state index in [0.29, 0.717) is 35.6 Å². The number of hydrogen-bond acceptors (Lipinski definition) is 5. The number of aryl methyl sites for hydroxylation is 3. The maximum Gasteiger partial charge on any atom is 0.267 e. The average Bonchev–Trinajstić information content (AvgIpc) is 2.81. The fraction of sp³-hybridized carbons (Fsp3) is 0.346. The molecular formula is C26H32N4O4S. The quantitative estimate of drug-likeness (QED) is 0.507. The number of anilines is 1. The highest BCUT2D eigenvalue weighted by molar-refractivity contribution is 7.89. The SMILES string of the molecule is CCN(CC)S(=O)(=O)c1cc(-c2ccc(=O)n(C(C)C(=O)Nc3ccc(C)cc3C)n2)ccc1C. The molecule has 0 saturated heterocycles. The topological polar surface area (TPSA) is 101 Å². The van der Waals surface area contributed by atoms with Gasteiger partial charge in [0.05, 0.1) is 10.6 Å². The first-order valence-electron chi connectivity index (χ1n) is 11.6. The van der Waals surface area contributed by atoms with E-state index in [2.05, 4.69) is 10.4 Å². The predicted molar refractivity (Wildman–Crippen MR) is 138 cm³/mol. The molecule has 0 aliphatic heterocycles. The third kappa shape index (κ3) is 5.52. The number of carbonyl (C=O) groups is 1. The molecule has 1 heterocycles. The largest absolute Gasteiger partial charge is 0.324 e. The summed E-state index contributed by atoms with van der Waals surface area (Å²) in [6.07, 6.45) is 0. The van der Waals surface area contributed by atoms with Crippen molar-refractivity contribution >= 4 is 21.6 Å². The summed E-state index contributed by atoms with van der Waals surface area (Å²) in [6.45, 7) is 11.5. The molecule has 3 aromatic rings. The van der Waals surface area contributed by atoms with Crippen molar-refractivity contribution in [2.24, 2.45) is 0 Å². The zero-order chi connectivity index (χ0) is 25.9. The highest BCUT2D eigenvalue weighted by Crippen LogP contribution is 2.26. The second-order valence-corrected chi connectivity index (χ2v) is 10.5. The summed E-state index contributed by atoms with van der Waals surface area (Å²) in [7, 11) is -3.68. The van der Waals surface area contributed by atoms with Gasteiger partial charge < -0.3 is 5.32 Å². The lowest BCUT2D eigenvalue weighted by molar-refractivity contribution is -0.119. The van der Waals surface area contributed by atoms with Gasteiger partial charge in [0.15, 0.2) is 0 Å². The molecule has 1 amide bonds. The number of nitrogens with one attached hydrogen (secondary N) is 1. The fourth-order valence-corrected chi connectivity index (χ4v) is 5.61. The Balaban J connectivity index is 1.97. The number of aromatic nitrogens is 2. The first-order valence-corrected chi connectivity index (χ1v) is 13.0. The van der Waals surface area contributed by atoms with Crippen molar-refractivity contribution in [3.8, 4) is 11.3 Å². The molecule has 0 radical (unpaired) electrons. The minimum atomic E-state index is -3.68. The van der Waals surface area contributed by atoms with Crippen LogP contribution in [0.15, 0.2) is 58.2 Å². The number of nitrogens with zero attached hydrogens (tertiary/aromatic N) is 3. The van der Waals surface area contributed by atoms with Crippen LogP contribution in [-0.2, 0) is 14.8 Å². The first kappa shape index (κ1) is 26.3. The van der Waals surface area contributed by atoms with Crippen LogP contribution in [0, 0.1) is 20.8 Å². The number of hydrogen-bond donors (Lipinski definition) is 1. The summed E-state index contributed by atoms with van der Waals surface area (Å²) in [4.78, 5) is 25.7. The third-order valence-corrected chi connectivity index (χ3v) is 8.21. The van der Waals surface area contributed by atoms with Crippen molar-refractivity contribution < 1.29 is 13.2 Å². The second-order valence-electron chi connectivity index (χ2n) is 8.55. The zero-order valence-electron chi connectivity index (χ0n) is 21.0. The average molecular weight is 497 g/mol. The van der Waals surface area contributed by atoms with E-state index in [1.807, 2.05) is 32.0 Å². The van der Waals surface area contributed by atoms with Crippen molar-refractivity contribution in [2.75, 3.05) is 18.4 Å². The monoisotopic (exact) mass is 496 g/mol. The van der Waals surface area contributed by atoms with E-state index in [9.17, 15) is 18.0 Å². The van der Waals surface area contributed by atoms with Gasteiger partial charge in [-0.25, -0.2) is 13.1 Å². The van der Waals surface area contributed by atoms with E-state index in [4.69, 9.17) is 0 Å². The van der Waals surface area contributed by atoms with Crippen LogP contribution < -0.4 is 10.9 Å². The first-order chi connectivity index (χ1) is 16.5. The van der Waals surface area contributed by atoms with Crippen molar-refractivity contribution in [2.45, 2.75) is 52.5 Å². The lowest BCUT2D eigenvalue weighted by atomic mass is 10.1. The van der Waals surface area contributed by atoms with E-state index in [1.54, 1.807) is 45.9 Å². The normalized spacial score (nSPS) is 12.5. The maximum absolute atomic E-state index is 13.1. The summed E-state index contributed by atoms with van der Waals surface area (Å²) < 4.78 is 28.8. The van der Waals surface area contributed by atoms with Gasteiger partial charge in [0.1, 0.15) is 6.04 Å². The Morgan fingerprint density at radius 3 is 2.31 bits per heavy atom. The molecule has 9 heteroatoms. The Bertz CT molecular complexity index is 1410. The standard InChI is InChI=1S/C26H32N4O4S/c1-7-29(8-2)35(33,34)24-16-21(11-10-18(24)4)23-13-14-25(31)30(28-23)20(6)26(32)27-22-12-9-17(3)15-19(22)5/h9-16,20H,7-8H2,1-6H3,(H,27,32). The Hall–Kier alpha value is -3.30. The maximum atomic E-state index is 13.1. The van der Waals surface area contributed by atoms with Crippen LogP contribution in [0.3, 0.4) is 0 Å². The van der Waals surface area contributed by atoms with Crippen LogP contribution in [0.2, 0.25) is 0 Å². The molecule has 1 N–H and O–H groups in total. The van der Waals surface area contributed by atoms with Gasteiger partial charge in [-0.3, -0.25) is 9.59 Å². The molecule has 35 heavy (non-hydrogen) atoms. The van der Waals surface area contributed by atoms with Crippen LogP contribution in [0.5, 0.6) is 0 Å². The van der Waals surface area contributed by atoms with Gasteiger partial charge in [-0.15, -0.1) is 0 Å². The molecule has 1 atom stereocenters. The smallest absolute Gasteiger partial charge is 0.267 e. The van der Waals surface area contributed by atoms with Crippen LogP contribution in [-0.4, -0.2) is 41.5 Å². The van der Waals surface area contributed by atoms with Crippen molar-refractivity contribution in [1.29, 1.82) is 0 Å². The second kappa shape index (κ2) is 10.5. The minimum Gasteiger partial charge on any atom is -0.324 e. The Morgan fingerprint density at radius 1 is 1.00 bits per heavy atom. The number of benzene rings is 2. The fourth-order valence-electron chi connectivity index (χ4n) is 3.90. The Labute approximate surface area is 206 Å². The van der Waals surface area contributed by atoms with Crippen molar-refractivity contribution in [1.82, 2.24) is 14.1 Å². The Kier molecular flexibility index (Phi) is 7.92. The Morgan fingerprint density at radius 2 is 1.69 bits per heavy atom. The van der Waals surface area contributed by atoms with Crippen molar-refractivity contribution in [3.63, 3.8) is 0 Å². The molecule has 0 spiro atoms. The molecule has 8 nitrogen and oxygen atoms in total. The summed E-state index contributed by atoms with van der Waals surface area (Å²) in [5.74, 6) is -0.377. The summed E-state index contributed by atoms with van der Waals surface area (Å²) in [5, 5.41) is 7.28. The van der Waals surface area contributed by atoms with Crippen molar-refractivity contribution in [3.05, 3.63) is 75.6 Å². The number of rotatable bonds is 8. The van der Waals surface area contributed by atoms with Crippen LogP contribution in [0.1, 0.15) is 43.5 Å². The van der Waals surface area contributed by atoms with Gasteiger partial charge >= 0.3 is 0 Å². The van der Waals surface area contributed by atoms with E-state index in [0.717, 1.165) is 15.8 Å². The van der Waals surface area contributed by atoms with Crippen LogP contribution in [0.4, 0.5) is 5.69 Å². The molecule has 0 aliphatic rings. The molecule has 0 saturated carbocycles. The lowest BCUT2D eigenvalue weighted by Crippen LogP contribution is -2.33. The highest BCUT2D eigenvalue weighted by Gasteiger charge is 2.25. The molecular weight excluding hydrogens is 464 g/mol. The number of carbonyl (C=O) groups excluding carboxylic acids is 1. The number of sulfonamides is 1. The van der Waals surface area contributed by atoms with Gasteiger partial charge in [-0.2, -0.15) is 9.40 Å². The van der Waals surface area contributed by atoms with E-state index >= 15 is 0 Å². The molecule has 0 bridgehead atoms. The predicted octanol–water partition coefficient (Wildman–Crippen LogP) is 4.07. The molecule has 2 aromatic carbocycles. The van der Waals surface area contributed by atoms with Crippen LogP contribution in [0.25, 0.3) is 11.3 Å².